The number of thiophene rings is 1. The molecule has 0 radical (unpaired) electrons. The molecule has 0 saturated carbocycles. The molecule has 4 rings (SSSR count). The van der Waals surface area contributed by atoms with Crippen molar-refractivity contribution in [3.05, 3.63) is 57.0 Å². The number of hydrogen-bond donors (Lipinski definition) is 1. The lowest BCUT2D eigenvalue weighted by Crippen LogP contribution is -2.39. The van der Waals surface area contributed by atoms with Crippen LogP contribution in [0, 0.1) is 6.92 Å². The molecule has 1 aromatic carbocycles. The van der Waals surface area contributed by atoms with Gasteiger partial charge < -0.3 is 10.6 Å². The summed E-state index contributed by atoms with van der Waals surface area (Å²) in [4.78, 5) is 44.0. The van der Waals surface area contributed by atoms with Gasteiger partial charge in [-0.3, -0.25) is 19.0 Å². The van der Waals surface area contributed by atoms with Crippen LogP contribution in [0.4, 0.5) is 5.69 Å². The first-order chi connectivity index (χ1) is 13.0. The number of nitrogens with zero attached hydrogens (tertiary/aromatic N) is 3. The number of carbonyl (C=O) groups excluding carboxylic acids is 2. The first-order valence-corrected chi connectivity index (χ1v) is 9.45. The highest BCUT2D eigenvalue weighted by atomic mass is 32.1. The second-order valence-electron chi connectivity index (χ2n) is 6.56. The summed E-state index contributed by atoms with van der Waals surface area (Å²) in [5.41, 5.74) is 7.59. The third kappa shape index (κ3) is 2.91. The maximum atomic E-state index is 12.9. The molecular formula is C19H18N4O3S. The average Bonchev–Trinajstić information content (AvgIpc) is 3.01. The van der Waals surface area contributed by atoms with E-state index in [0.29, 0.717) is 27.2 Å². The molecule has 0 spiro atoms. The molecule has 0 atom stereocenters. The molecule has 8 heteroatoms. The smallest absolute Gasteiger partial charge is 0.262 e. The van der Waals surface area contributed by atoms with Crippen LogP contribution in [-0.2, 0) is 17.8 Å². The van der Waals surface area contributed by atoms with Gasteiger partial charge in [-0.25, -0.2) is 4.98 Å². The van der Waals surface area contributed by atoms with Gasteiger partial charge in [0, 0.05) is 12.2 Å². The van der Waals surface area contributed by atoms with E-state index in [1.54, 1.807) is 11.8 Å². The summed E-state index contributed by atoms with van der Waals surface area (Å²) < 4.78 is 1.30. The Labute approximate surface area is 159 Å². The van der Waals surface area contributed by atoms with E-state index in [2.05, 4.69) is 4.98 Å². The molecule has 2 amide bonds. The number of amides is 2. The Bertz CT molecular complexity index is 1130. The maximum absolute atomic E-state index is 12.9. The number of hydrogen-bond acceptors (Lipinski definition) is 5. The van der Waals surface area contributed by atoms with E-state index in [1.165, 1.54) is 10.9 Å². The van der Waals surface area contributed by atoms with E-state index in [9.17, 15) is 14.4 Å². The van der Waals surface area contributed by atoms with Crippen LogP contribution in [0.15, 0.2) is 35.4 Å². The zero-order chi connectivity index (χ0) is 19.1. The van der Waals surface area contributed by atoms with Gasteiger partial charge >= 0.3 is 0 Å². The van der Waals surface area contributed by atoms with Crippen LogP contribution >= 0.6 is 11.3 Å². The van der Waals surface area contributed by atoms with Crippen LogP contribution in [0.25, 0.3) is 10.2 Å². The monoisotopic (exact) mass is 382 g/mol. The summed E-state index contributed by atoms with van der Waals surface area (Å²) >= 11 is 1.10. The van der Waals surface area contributed by atoms with Gasteiger partial charge in [0.2, 0.25) is 5.91 Å². The number of benzene rings is 1. The van der Waals surface area contributed by atoms with E-state index >= 15 is 0 Å². The fraction of sp³-hybridized carbons (Fsp3) is 0.263. The molecule has 0 fully saturated rings. The number of carbonyl (C=O) groups is 2. The third-order valence-electron chi connectivity index (χ3n) is 4.86. The molecule has 27 heavy (non-hydrogen) atoms. The lowest BCUT2D eigenvalue weighted by atomic mass is 10.0. The van der Waals surface area contributed by atoms with Gasteiger partial charge in [-0.2, -0.15) is 0 Å². The maximum Gasteiger partial charge on any atom is 0.262 e. The number of rotatable bonds is 3. The van der Waals surface area contributed by atoms with Gasteiger partial charge in [0.1, 0.15) is 11.4 Å². The van der Waals surface area contributed by atoms with E-state index in [4.69, 9.17) is 5.73 Å². The molecule has 0 unspecified atom stereocenters. The summed E-state index contributed by atoms with van der Waals surface area (Å²) in [6, 6.07) is 7.82. The number of anilines is 1. The van der Waals surface area contributed by atoms with E-state index < -0.39 is 5.91 Å². The van der Waals surface area contributed by atoms with Crippen LogP contribution in [0.3, 0.4) is 0 Å². The van der Waals surface area contributed by atoms with Crippen molar-refractivity contribution in [1.29, 1.82) is 0 Å². The van der Waals surface area contributed by atoms with Gasteiger partial charge in [0.15, 0.2) is 0 Å². The molecular weight excluding hydrogens is 364 g/mol. The predicted molar refractivity (Wildman–Crippen MR) is 104 cm³/mol. The van der Waals surface area contributed by atoms with Gasteiger partial charge in [-0.05, 0) is 37.0 Å². The summed E-state index contributed by atoms with van der Waals surface area (Å²) in [6.07, 6.45) is 3.19. The Kier molecular flexibility index (Phi) is 4.27. The summed E-state index contributed by atoms with van der Waals surface area (Å²) in [5.74, 6) is -0.740. The Hall–Kier alpha value is -3.00. The Balaban J connectivity index is 1.69. The number of nitrogens with two attached hydrogens (primary N) is 1. The zero-order valence-corrected chi connectivity index (χ0v) is 15.6. The first-order valence-electron chi connectivity index (χ1n) is 8.64. The summed E-state index contributed by atoms with van der Waals surface area (Å²) in [6.45, 7) is 2.20. The minimum Gasteiger partial charge on any atom is -0.365 e. The van der Waals surface area contributed by atoms with Crippen molar-refractivity contribution < 1.29 is 9.59 Å². The number of aromatic nitrogens is 2. The zero-order valence-electron chi connectivity index (χ0n) is 14.8. The van der Waals surface area contributed by atoms with E-state index in [1.807, 2.05) is 24.3 Å². The highest BCUT2D eigenvalue weighted by Gasteiger charge is 2.24. The topological polar surface area (TPSA) is 98.3 Å². The SMILES string of the molecule is Cc1c(C(N)=O)sc2ncn(CC(=O)N3CCCc4ccccc43)c(=O)c12. The fourth-order valence-electron chi connectivity index (χ4n) is 3.53. The standard InChI is InChI=1S/C19H18N4O3S/c1-11-15-18(27-16(11)17(20)25)21-10-22(19(15)26)9-14(24)23-8-4-6-12-5-2-3-7-13(12)23/h2-3,5,7,10H,4,6,8-9H2,1H3,(H2,20,25). The fourth-order valence-corrected chi connectivity index (χ4v) is 4.52. The molecule has 0 bridgehead atoms. The number of fused-ring (bicyclic) bond motifs is 2. The quantitative estimate of drug-likeness (QED) is 0.747. The Morgan fingerprint density at radius 3 is 2.85 bits per heavy atom. The van der Waals surface area contributed by atoms with E-state index in [0.717, 1.165) is 35.4 Å². The normalized spacial score (nSPS) is 13.6. The van der Waals surface area contributed by atoms with Crippen molar-refractivity contribution >= 4 is 39.1 Å². The van der Waals surface area contributed by atoms with Crippen LogP contribution in [0.2, 0.25) is 0 Å². The van der Waals surface area contributed by atoms with Gasteiger partial charge in [-0.1, -0.05) is 18.2 Å². The van der Waals surface area contributed by atoms with Crippen LogP contribution in [-0.4, -0.2) is 27.9 Å². The lowest BCUT2D eigenvalue weighted by Gasteiger charge is -2.29. The summed E-state index contributed by atoms with van der Waals surface area (Å²) in [7, 11) is 0. The molecule has 3 aromatic rings. The molecule has 2 N–H and O–H groups in total. The van der Waals surface area contributed by atoms with E-state index in [-0.39, 0.29) is 18.0 Å². The minimum atomic E-state index is -0.581. The van der Waals surface area contributed by atoms with Crippen molar-refractivity contribution in [2.75, 3.05) is 11.4 Å². The molecule has 1 aliphatic heterocycles. The third-order valence-corrected chi connectivity index (χ3v) is 6.07. The number of primary amides is 1. The minimum absolute atomic E-state index is 0.0999. The molecule has 7 nitrogen and oxygen atoms in total. The molecule has 1 aliphatic rings. The predicted octanol–water partition coefficient (Wildman–Crippen LogP) is 1.84. The Morgan fingerprint density at radius 1 is 1.30 bits per heavy atom. The van der Waals surface area contributed by atoms with Gasteiger partial charge in [0.05, 0.1) is 16.6 Å². The van der Waals surface area contributed by atoms with Gasteiger partial charge in [-0.15, -0.1) is 11.3 Å². The number of para-hydroxylation sites is 1. The number of aryl methyl sites for hydroxylation is 2. The molecule has 3 heterocycles. The second-order valence-corrected chi connectivity index (χ2v) is 7.55. The molecule has 138 valence electrons. The van der Waals surface area contributed by atoms with Crippen molar-refractivity contribution in [2.24, 2.45) is 5.73 Å². The lowest BCUT2D eigenvalue weighted by molar-refractivity contribution is -0.119. The Morgan fingerprint density at radius 2 is 2.07 bits per heavy atom. The van der Waals surface area contributed by atoms with Crippen LogP contribution in [0.5, 0.6) is 0 Å². The van der Waals surface area contributed by atoms with Crippen LogP contribution < -0.4 is 16.2 Å². The molecule has 0 aliphatic carbocycles. The highest BCUT2D eigenvalue weighted by molar-refractivity contribution is 7.20. The largest absolute Gasteiger partial charge is 0.365 e. The second kappa shape index (κ2) is 6.62. The first kappa shape index (κ1) is 17.4. The molecule has 0 saturated heterocycles. The van der Waals surface area contributed by atoms with Crippen molar-refractivity contribution in [3.8, 4) is 0 Å². The van der Waals surface area contributed by atoms with Crippen LogP contribution in [0.1, 0.15) is 27.2 Å². The van der Waals surface area contributed by atoms with Crippen molar-refractivity contribution in [1.82, 2.24) is 9.55 Å². The van der Waals surface area contributed by atoms with Crippen molar-refractivity contribution in [3.63, 3.8) is 0 Å². The average molecular weight is 382 g/mol. The summed E-state index contributed by atoms with van der Waals surface area (Å²) in [5, 5.41) is 0.350. The molecule has 2 aromatic heterocycles. The van der Waals surface area contributed by atoms with Crippen molar-refractivity contribution in [2.45, 2.75) is 26.3 Å². The van der Waals surface area contributed by atoms with Gasteiger partial charge in [0.25, 0.3) is 11.5 Å². The highest BCUT2D eigenvalue weighted by Crippen LogP contribution is 2.28.